The molecule has 0 radical (unpaired) electrons. The number of benzene rings is 1. The largest absolute Gasteiger partial charge is 0.337 e. The molecule has 1 aromatic carbocycles. The Balaban J connectivity index is 1.95. The summed E-state index contributed by atoms with van der Waals surface area (Å²) in [6.45, 7) is 6.52. The second-order valence-electron chi connectivity index (χ2n) is 7.13. The molecule has 7 nitrogen and oxygen atoms in total. The van der Waals surface area contributed by atoms with Gasteiger partial charge in [0.05, 0.1) is 12.6 Å². The standard InChI is InChI=1S/C18H25FN4O3S/c1-14(2)18(3,13-20)21-17(24)12-22-8-10-23(11-9-22)27(25,26)16-7-5-4-6-15(16)19/h4-7,14H,8-12H2,1-3H3,(H,21,24)/t18-/m1/s1. The number of halogens is 1. The van der Waals surface area contributed by atoms with Crippen molar-refractivity contribution in [3.05, 3.63) is 30.1 Å². The van der Waals surface area contributed by atoms with Gasteiger partial charge in [0, 0.05) is 26.2 Å². The summed E-state index contributed by atoms with van der Waals surface area (Å²) in [6, 6.07) is 7.42. The monoisotopic (exact) mass is 396 g/mol. The van der Waals surface area contributed by atoms with Crippen molar-refractivity contribution in [2.75, 3.05) is 32.7 Å². The molecule has 0 bridgehead atoms. The predicted molar refractivity (Wildman–Crippen MR) is 98.6 cm³/mol. The Kier molecular flexibility index (Phi) is 6.57. The van der Waals surface area contributed by atoms with Crippen LogP contribution in [0, 0.1) is 23.1 Å². The van der Waals surface area contributed by atoms with E-state index < -0.39 is 21.4 Å². The zero-order valence-corrected chi connectivity index (χ0v) is 16.6. The summed E-state index contributed by atoms with van der Waals surface area (Å²) in [7, 11) is -3.90. The van der Waals surface area contributed by atoms with Crippen LogP contribution < -0.4 is 5.32 Å². The molecule has 1 aliphatic heterocycles. The maximum atomic E-state index is 13.8. The Morgan fingerprint density at radius 1 is 1.30 bits per heavy atom. The number of rotatable bonds is 6. The van der Waals surface area contributed by atoms with Crippen LogP contribution >= 0.6 is 0 Å². The predicted octanol–water partition coefficient (Wildman–Crippen LogP) is 1.19. The molecule has 0 unspecified atom stereocenters. The third kappa shape index (κ3) is 4.83. The molecule has 148 valence electrons. The van der Waals surface area contributed by atoms with Crippen molar-refractivity contribution in [3.63, 3.8) is 0 Å². The fourth-order valence-corrected chi connectivity index (χ4v) is 4.24. The molecule has 9 heteroatoms. The van der Waals surface area contributed by atoms with Crippen molar-refractivity contribution in [1.29, 1.82) is 5.26 Å². The fourth-order valence-electron chi connectivity index (χ4n) is 2.75. The van der Waals surface area contributed by atoms with Gasteiger partial charge in [-0.05, 0) is 25.0 Å². The molecule has 0 aromatic heterocycles. The minimum atomic E-state index is -3.90. The van der Waals surface area contributed by atoms with Crippen LogP contribution in [-0.2, 0) is 14.8 Å². The average Bonchev–Trinajstić information content (AvgIpc) is 2.62. The lowest BCUT2D eigenvalue weighted by Crippen LogP contribution is -2.55. The highest BCUT2D eigenvalue weighted by Crippen LogP contribution is 2.20. The molecule has 0 spiro atoms. The van der Waals surface area contributed by atoms with E-state index in [2.05, 4.69) is 11.4 Å². The molecule has 1 saturated heterocycles. The van der Waals surface area contributed by atoms with Gasteiger partial charge in [0.2, 0.25) is 15.9 Å². The van der Waals surface area contributed by atoms with Crippen molar-refractivity contribution < 1.29 is 17.6 Å². The Morgan fingerprint density at radius 3 is 2.41 bits per heavy atom. The summed E-state index contributed by atoms with van der Waals surface area (Å²) >= 11 is 0. The molecule has 27 heavy (non-hydrogen) atoms. The lowest BCUT2D eigenvalue weighted by atomic mass is 9.90. The van der Waals surface area contributed by atoms with Crippen LogP contribution in [0.5, 0.6) is 0 Å². The van der Waals surface area contributed by atoms with Crippen LogP contribution in [0.1, 0.15) is 20.8 Å². The smallest absolute Gasteiger partial charge is 0.246 e. The normalized spacial score (nSPS) is 18.7. The highest BCUT2D eigenvalue weighted by molar-refractivity contribution is 7.89. The van der Waals surface area contributed by atoms with Gasteiger partial charge in [-0.3, -0.25) is 9.69 Å². The molecule has 1 heterocycles. The van der Waals surface area contributed by atoms with Crippen LogP contribution in [-0.4, -0.2) is 61.8 Å². The van der Waals surface area contributed by atoms with Gasteiger partial charge in [-0.1, -0.05) is 26.0 Å². The molecule has 1 fully saturated rings. The number of amides is 1. The van der Waals surface area contributed by atoms with E-state index in [1.54, 1.807) is 6.92 Å². The van der Waals surface area contributed by atoms with E-state index in [9.17, 15) is 22.9 Å². The molecule has 0 saturated carbocycles. The van der Waals surface area contributed by atoms with Gasteiger partial charge in [0.25, 0.3) is 0 Å². The first-order valence-electron chi connectivity index (χ1n) is 8.79. The molecule has 1 aliphatic rings. The van der Waals surface area contributed by atoms with Crippen molar-refractivity contribution in [2.24, 2.45) is 5.92 Å². The summed E-state index contributed by atoms with van der Waals surface area (Å²) in [6.07, 6.45) is 0. The van der Waals surface area contributed by atoms with Crippen molar-refractivity contribution in [2.45, 2.75) is 31.2 Å². The van der Waals surface area contributed by atoms with E-state index in [-0.39, 0.29) is 36.4 Å². The molecule has 1 amide bonds. The number of piperazine rings is 1. The van der Waals surface area contributed by atoms with Crippen molar-refractivity contribution in [3.8, 4) is 6.07 Å². The first-order chi connectivity index (χ1) is 12.6. The lowest BCUT2D eigenvalue weighted by Gasteiger charge is -2.34. The summed E-state index contributed by atoms with van der Waals surface area (Å²) in [5, 5.41) is 12.0. The fraction of sp³-hybridized carbons (Fsp3) is 0.556. The topological polar surface area (TPSA) is 93.5 Å². The van der Waals surface area contributed by atoms with E-state index in [1.165, 1.54) is 22.5 Å². The number of carbonyl (C=O) groups excluding carboxylic acids is 1. The summed E-state index contributed by atoms with van der Waals surface area (Å²) in [5.74, 6) is -1.10. The van der Waals surface area contributed by atoms with Gasteiger partial charge in [-0.15, -0.1) is 0 Å². The Labute approximate surface area is 159 Å². The van der Waals surface area contributed by atoms with E-state index in [1.807, 2.05) is 18.7 Å². The third-order valence-corrected chi connectivity index (χ3v) is 6.87. The van der Waals surface area contributed by atoms with Gasteiger partial charge in [0.1, 0.15) is 16.3 Å². The van der Waals surface area contributed by atoms with Gasteiger partial charge in [-0.25, -0.2) is 12.8 Å². The molecule has 1 N–H and O–H groups in total. The third-order valence-electron chi connectivity index (χ3n) is 4.94. The highest BCUT2D eigenvalue weighted by Gasteiger charge is 2.33. The second kappa shape index (κ2) is 8.33. The number of nitrogens with one attached hydrogen (secondary N) is 1. The van der Waals surface area contributed by atoms with Crippen LogP contribution in [0.3, 0.4) is 0 Å². The molecule has 1 atom stereocenters. The molecular formula is C18H25FN4O3S. The van der Waals surface area contributed by atoms with Crippen molar-refractivity contribution in [1.82, 2.24) is 14.5 Å². The van der Waals surface area contributed by atoms with Gasteiger partial charge >= 0.3 is 0 Å². The van der Waals surface area contributed by atoms with E-state index in [0.717, 1.165) is 6.07 Å². The first kappa shape index (κ1) is 21.3. The van der Waals surface area contributed by atoms with E-state index in [0.29, 0.717) is 13.1 Å². The van der Waals surface area contributed by atoms with Gasteiger partial charge < -0.3 is 5.32 Å². The SMILES string of the molecule is CC(C)[C@@](C)(C#N)NC(=O)CN1CCN(S(=O)(=O)c2ccccc2F)CC1. The minimum Gasteiger partial charge on any atom is -0.337 e. The van der Waals surface area contributed by atoms with E-state index in [4.69, 9.17) is 0 Å². The summed E-state index contributed by atoms with van der Waals surface area (Å²) < 4.78 is 40.3. The minimum absolute atomic E-state index is 0.0470. The number of nitrogens with zero attached hydrogens (tertiary/aromatic N) is 3. The van der Waals surface area contributed by atoms with E-state index >= 15 is 0 Å². The van der Waals surface area contributed by atoms with Gasteiger partial charge in [0.15, 0.2) is 0 Å². The van der Waals surface area contributed by atoms with Crippen LogP contribution in [0.15, 0.2) is 29.2 Å². The molecule has 0 aliphatic carbocycles. The number of hydrogen-bond acceptors (Lipinski definition) is 5. The molecule has 2 rings (SSSR count). The number of hydrogen-bond donors (Lipinski definition) is 1. The Morgan fingerprint density at radius 2 is 1.89 bits per heavy atom. The first-order valence-corrected chi connectivity index (χ1v) is 10.2. The zero-order valence-electron chi connectivity index (χ0n) is 15.8. The average molecular weight is 396 g/mol. The number of carbonyl (C=O) groups is 1. The number of nitriles is 1. The number of sulfonamides is 1. The van der Waals surface area contributed by atoms with Crippen molar-refractivity contribution >= 4 is 15.9 Å². The molecule has 1 aromatic rings. The zero-order chi connectivity index (χ0) is 20.2. The Hall–Kier alpha value is -2.02. The van der Waals surface area contributed by atoms with Crippen LogP contribution in [0.2, 0.25) is 0 Å². The Bertz CT molecular complexity index is 829. The maximum Gasteiger partial charge on any atom is 0.246 e. The van der Waals surface area contributed by atoms with Crippen LogP contribution in [0.4, 0.5) is 4.39 Å². The summed E-state index contributed by atoms with van der Waals surface area (Å²) in [4.78, 5) is 13.7. The quantitative estimate of drug-likeness (QED) is 0.780. The van der Waals surface area contributed by atoms with Crippen LogP contribution in [0.25, 0.3) is 0 Å². The maximum absolute atomic E-state index is 13.8. The second-order valence-corrected chi connectivity index (χ2v) is 9.03. The summed E-state index contributed by atoms with van der Waals surface area (Å²) in [5.41, 5.74) is -0.951. The molecular weight excluding hydrogens is 371 g/mol. The highest BCUT2D eigenvalue weighted by atomic mass is 32.2. The van der Waals surface area contributed by atoms with Gasteiger partial charge in [-0.2, -0.15) is 9.57 Å². The lowest BCUT2D eigenvalue weighted by molar-refractivity contribution is -0.124.